The third kappa shape index (κ3) is 3.88. The molecule has 134 valence electrons. The zero-order valence-electron chi connectivity index (χ0n) is 13.4. The van der Waals surface area contributed by atoms with Gasteiger partial charge in [0.05, 0.1) is 16.1 Å². The molecule has 0 saturated carbocycles. The summed E-state index contributed by atoms with van der Waals surface area (Å²) in [5, 5.41) is 0. The van der Waals surface area contributed by atoms with Crippen molar-refractivity contribution in [2.45, 2.75) is 11.1 Å². The van der Waals surface area contributed by atoms with Crippen LogP contribution in [0.4, 0.5) is 18.9 Å². The molecule has 0 aliphatic rings. The summed E-state index contributed by atoms with van der Waals surface area (Å²) in [6, 6.07) is 19.4. The smallest absolute Gasteiger partial charge is 0.279 e. The largest absolute Gasteiger partial charge is 0.416 e. The van der Waals surface area contributed by atoms with E-state index in [-0.39, 0.29) is 5.69 Å². The monoisotopic (exact) mass is 377 g/mol. The topological polar surface area (TPSA) is 46.2 Å². The van der Waals surface area contributed by atoms with Crippen molar-refractivity contribution < 1.29 is 21.6 Å². The molecule has 0 aromatic heterocycles. The van der Waals surface area contributed by atoms with Gasteiger partial charge in [-0.25, -0.2) is 8.42 Å². The highest BCUT2D eigenvalue weighted by Crippen LogP contribution is 2.32. The van der Waals surface area contributed by atoms with Gasteiger partial charge in [0.15, 0.2) is 0 Å². The van der Waals surface area contributed by atoms with Crippen molar-refractivity contribution in [2.75, 3.05) is 4.72 Å². The van der Waals surface area contributed by atoms with Crippen LogP contribution in [-0.2, 0) is 16.2 Å². The van der Waals surface area contributed by atoms with Crippen molar-refractivity contribution in [1.82, 2.24) is 0 Å². The van der Waals surface area contributed by atoms with E-state index in [0.717, 1.165) is 23.8 Å². The molecule has 26 heavy (non-hydrogen) atoms. The van der Waals surface area contributed by atoms with E-state index in [1.54, 1.807) is 24.3 Å². The Morgan fingerprint density at radius 1 is 0.769 bits per heavy atom. The number of para-hydroxylation sites is 1. The molecule has 0 fully saturated rings. The summed E-state index contributed by atoms with van der Waals surface area (Å²) in [6.07, 6.45) is -4.62. The van der Waals surface area contributed by atoms with Crippen molar-refractivity contribution >= 4 is 15.7 Å². The fourth-order valence-corrected chi connectivity index (χ4v) is 3.61. The van der Waals surface area contributed by atoms with E-state index in [4.69, 9.17) is 0 Å². The van der Waals surface area contributed by atoms with Crippen molar-refractivity contribution in [3.8, 4) is 11.1 Å². The van der Waals surface area contributed by atoms with Crippen LogP contribution in [0.1, 0.15) is 5.56 Å². The molecule has 0 unspecified atom stereocenters. The van der Waals surface area contributed by atoms with Gasteiger partial charge in [-0.15, -0.1) is 0 Å². The molecule has 3 aromatic carbocycles. The predicted octanol–water partition coefficient (Wildman–Crippen LogP) is 5.17. The van der Waals surface area contributed by atoms with Crippen LogP contribution in [0, 0.1) is 0 Å². The Kier molecular flexibility index (Phi) is 4.73. The molecule has 0 amide bonds. The third-order valence-electron chi connectivity index (χ3n) is 3.73. The second-order valence-electron chi connectivity index (χ2n) is 5.54. The SMILES string of the molecule is O=S(=O)(Nc1ccccc1-c1ccccc1)c1cccc(C(F)(F)F)c1. The Labute approximate surface area is 149 Å². The van der Waals surface area contributed by atoms with E-state index in [9.17, 15) is 21.6 Å². The first-order chi connectivity index (χ1) is 12.3. The Morgan fingerprint density at radius 2 is 1.42 bits per heavy atom. The number of rotatable bonds is 4. The minimum Gasteiger partial charge on any atom is -0.279 e. The molecule has 7 heteroatoms. The van der Waals surface area contributed by atoms with Crippen molar-refractivity contribution in [2.24, 2.45) is 0 Å². The normalized spacial score (nSPS) is 12.0. The van der Waals surface area contributed by atoms with Gasteiger partial charge in [0.1, 0.15) is 0 Å². The fraction of sp³-hybridized carbons (Fsp3) is 0.0526. The zero-order valence-corrected chi connectivity index (χ0v) is 14.2. The Hall–Kier alpha value is -2.80. The highest BCUT2D eigenvalue weighted by atomic mass is 32.2. The standard InChI is InChI=1S/C19H14F3NO2S/c20-19(21,22)15-9-6-10-16(13-15)26(24,25)23-18-12-5-4-11-17(18)14-7-2-1-3-8-14/h1-13,23H. The number of sulfonamides is 1. The van der Waals surface area contributed by atoms with Gasteiger partial charge in [-0.3, -0.25) is 4.72 Å². The summed E-state index contributed by atoms with van der Waals surface area (Å²) >= 11 is 0. The molecule has 1 N–H and O–H groups in total. The zero-order chi connectivity index (χ0) is 18.8. The van der Waals surface area contributed by atoms with Crippen LogP contribution in [0.3, 0.4) is 0 Å². The molecule has 0 atom stereocenters. The molecule has 3 nitrogen and oxygen atoms in total. The maximum Gasteiger partial charge on any atom is 0.416 e. The van der Waals surface area contributed by atoms with Gasteiger partial charge in [0.25, 0.3) is 10.0 Å². The minimum absolute atomic E-state index is 0.288. The predicted molar refractivity (Wildman–Crippen MR) is 94.1 cm³/mol. The van der Waals surface area contributed by atoms with Gasteiger partial charge < -0.3 is 0 Å². The molecule has 0 aliphatic carbocycles. The molecule has 0 saturated heterocycles. The number of nitrogens with one attached hydrogen (secondary N) is 1. The molecule has 0 aliphatic heterocycles. The first-order valence-electron chi connectivity index (χ1n) is 7.62. The molecule has 0 heterocycles. The molecule has 3 aromatic rings. The van der Waals surface area contributed by atoms with E-state index in [0.29, 0.717) is 11.6 Å². The van der Waals surface area contributed by atoms with Gasteiger partial charge in [-0.2, -0.15) is 13.2 Å². The van der Waals surface area contributed by atoms with Crippen LogP contribution in [0.2, 0.25) is 0 Å². The highest BCUT2D eigenvalue weighted by molar-refractivity contribution is 7.92. The number of anilines is 1. The molecular formula is C19H14F3NO2S. The summed E-state index contributed by atoms with van der Waals surface area (Å²) in [5.74, 6) is 0. The van der Waals surface area contributed by atoms with Gasteiger partial charge in [0.2, 0.25) is 0 Å². The average molecular weight is 377 g/mol. The van der Waals surface area contributed by atoms with E-state index in [2.05, 4.69) is 4.72 Å². The van der Waals surface area contributed by atoms with Crippen LogP contribution in [0.5, 0.6) is 0 Å². The molecule has 0 bridgehead atoms. The third-order valence-corrected chi connectivity index (χ3v) is 5.09. The van der Waals surface area contributed by atoms with Gasteiger partial charge in [0, 0.05) is 5.56 Å². The molecule has 0 radical (unpaired) electrons. The van der Waals surface area contributed by atoms with Crippen molar-refractivity contribution in [3.63, 3.8) is 0 Å². The minimum atomic E-state index is -4.62. The summed E-state index contributed by atoms with van der Waals surface area (Å²) in [6.45, 7) is 0. The first-order valence-corrected chi connectivity index (χ1v) is 9.10. The van der Waals surface area contributed by atoms with Gasteiger partial charge in [-0.1, -0.05) is 54.6 Å². The van der Waals surface area contributed by atoms with Crippen LogP contribution in [0.25, 0.3) is 11.1 Å². The number of halogens is 3. The maximum atomic E-state index is 12.9. The van der Waals surface area contributed by atoms with Gasteiger partial charge in [-0.05, 0) is 29.8 Å². The van der Waals surface area contributed by atoms with Gasteiger partial charge >= 0.3 is 6.18 Å². The second kappa shape index (κ2) is 6.84. The lowest BCUT2D eigenvalue weighted by atomic mass is 10.0. The van der Waals surface area contributed by atoms with Crippen molar-refractivity contribution in [3.05, 3.63) is 84.4 Å². The Balaban J connectivity index is 2.00. The summed E-state index contributed by atoms with van der Waals surface area (Å²) < 4.78 is 66.1. The summed E-state index contributed by atoms with van der Waals surface area (Å²) in [7, 11) is -4.18. The van der Waals surface area contributed by atoms with E-state index in [1.807, 2.05) is 30.3 Å². The molecular weight excluding hydrogens is 363 g/mol. The Morgan fingerprint density at radius 3 is 2.12 bits per heavy atom. The average Bonchev–Trinajstić information content (AvgIpc) is 2.62. The fourth-order valence-electron chi connectivity index (χ4n) is 2.48. The van der Waals surface area contributed by atoms with E-state index in [1.165, 1.54) is 0 Å². The second-order valence-corrected chi connectivity index (χ2v) is 7.23. The molecule has 0 spiro atoms. The highest BCUT2D eigenvalue weighted by Gasteiger charge is 2.31. The quantitative estimate of drug-likeness (QED) is 0.682. The van der Waals surface area contributed by atoms with Crippen LogP contribution in [0.15, 0.2) is 83.8 Å². The maximum absolute atomic E-state index is 12.9. The van der Waals surface area contributed by atoms with Crippen LogP contribution >= 0.6 is 0 Å². The Bertz CT molecular complexity index is 1020. The van der Waals surface area contributed by atoms with E-state index < -0.39 is 26.7 Å². The molecule has 3 rings (SSSR count). The lowest BCUT2D eigenvalue weighted by molar-refractivity contribution is -0.137. The summed E-state index contributed by atoms with van der Waals surface area (Å²) in [5.41, 5.74) is 0.686. The van der Waals surface area contributed by atoms with Crippen LogP contribution < -0.4 is 4.72 Å². The van der Waals surface area contributed by atoms with E-state index >= 15 is 0 Å². The first kappa shape index (κ1) is 18.0. The number of hydrogen-bond donors (Lipinski definition) is 1. The summed E-state index contributed by atoms with van der Waals surface area (Å²) in [4.78, 5) is -0.449. The lowest BCUT2D eigenvalue weighted by Crippen LogP contribution is -2.15. The number of hydrogen-bond acceptors (Lipinski definition) is 2. The number of alkyl halides is 3. The van der Waals surface area contributed by atoms with Crippen LogP contribution in [-0.4, -0.2) is 8.42 Å². The number of benzene rings is 3. The van der Waals surface area contributed by atoms with Crippen molar-refractivity contribution in [1.29, 1.82) is 0 Å². The lowest BCUT2D eigenvalue weighted by Gasteiger charge is -2.14.